The first-order valence-electron chi connectivity index (χ1n) is 9.15. The van der Waals surface area contributed by atoms with E-state index >= 15 is 0 Å². The second-order valence-electron chi connectivity index (χ2n) is 6.83. The lowest BCUT2D eigenvalue weighted by Crippen LogP contribution is -2.49. The Balaban J connectivity index is 1.57. The molecule has 31 heavy (non-hydrogen) atoms. The van der Waals surface area contributed by atoms with Gasteiger partial charge in [-0.15, -0.1) is 0 Å². The number of carbonyl (C=O) groups excluding carboxylic acids is 2. The van der Waals surface area contributed by atoms with Gasteiger partial charge >= 0.3 is 0 Å². The highest BCUT2D eigenvalue weighted by molar-refractivity contribution is 6.30. The molecule has 11 heteroatoms. The molecule has 2 amide bonds. The fraction of sp³-hybridized carbons (Fsp3) is 0.200. The standard InChI is InChI=1S/C20H16ClFN6O3/c1-10-5-24-17(27-16(10)11-3-13(22)8-23-6-11)19(29)26-14-9-31-15-4-12(21)7-25-18(15)28(2)20(14)30/h3-8,14H,9H2,1-2H3,(H,26,29). The van der Waals surface area contributed by atoms with Gasteiger partial charge in [0, 0.05) is 37.3 Å². The van der Waals surface area contributed by atoms with Crippen LogP contribution >= 0.6 is 11.6 Å². The molecule has 3 aromatic heterocycles. The second-order valence-corrected chi connectivity index (χ2v) is 7.26. The van der Waals surface area contributed by atoms with Gasteiger partial charge in [0.05, 0.1) is 16.9 Å². The Labute approximate surface area is 181 Å². The molecule has 1 unspecified atom stereocenters. The van der Waals surface area contributed by atoms with Crippen LogP contribution in [-0.2, 0) is 4.79 Å². The second kappa shape index (κ2) is 8.23. The predicted molar refractivity (Wildman–Crippen MR) is 109 cm³/mol. The maximum absolute atomic E-state index is 13.6. The summed E-state index contributed by atoms with van der Waals surface area (Å²) in [5.74, 6) is -1.20. The van der Waals surface area contributed by atoms with Crippen LogP contribution in [0.25, 0.3) is 11.3 Å². The molecule has 1 atom stereocenters. The molecule has 0 fully saturated rings. The highest BCUT2D eigenvalue weighted by atomic mass is 35.5. The number of carbonyl (C=O) groups is 2. The van der Waals surface area contributed by atoms with Gasteiger partial charge in [0.1, 0.15) is 18.5 Å². The van der Waals surface area contributed by atoms with Crippen LogP contribution in [0.3, 0.4) is 0 Å². The fourth-order valence-corrected chi connectivity index (χ4v) is 3.21. The van der Waals surface area contributed by atoms with Gasteiger partial charge in [0.15, 0.2) is 11.6 Å². The SMILES string of the molecule is Cc1cnc(C(=O)NC2COc3cc(Cl)cnc3N(C)C2=O)nc1-c1cncc(F)c1. The normalized spacial score (nSPS) is 15.7. The maximum atomic E-state index is 13.6. The van der Waals surface area contributed by atoms with Crippen LogP contribution < -0.4 is 15.0 Å². The highest BCUT2D eigenvalue weighted by Gasteiger charge is 2.32. The number of nitrogens with zero attached hydrogens (tertiary/aromatic N) is 5. The van der Waals surface area contributed by atoms with Crippen molar-refractivity contribution in [3.63, 3.8) is 0 Å². The van der Waals surface area contributed by atoms with Crippen LogP contribution in [0.5, 0.6) is 5.75 Å². The molecule has 0 aliphatic carbocycles. The minimum Gasteiger partial charge on any atom is -0.487 e. The van der Waals surface area contributed by atoms with Crippen molar-refractivity contribution in [3.8, 4) is 17.0 Å². The minimum absolute atomic E-state index is 0.129. The molecule has 1 aliphatic heterocycles. The van der Waals surface area contributed by atoms with Crippen LogP contribution in [0.1, 0.15) is 16.2 Å². The number of likely N-dealkylation sites (N-methyl/N-ethyl adjacent to an activating group) is 1. The highest BCUT2D eigenvalue weighted by Crippen LogP contribution is 2.30. The molecule has 4 heterocycles. The van der Waals surface area contributed by atoms with Crippen LogP contribution in [0.4, 0.5) is 10.2 Å². The van der Waals surface area contributed by atoms with E-state index in [0.717, 1.165) is 6.20 Å². The molecule has 0 saturated heterocycles. The van der Waals surface area contributed by atoms with E-state index < -0.39 is 23.7 Å². The molecule has 0 radical (unpaired) electrons. The number of amides is 2. The van der Waals surface area contributed by atoms with Crippen molar-refractivity contribution in [3.05, 3.63) is 59.1 Å². The lowest BCUT2D eigenvalue weighted by molar-refractivity contribution is -0.120. The first-order valence-corrected chi connectivity index (χ1v) is 9.52. The number of halogens is 2. The Bertz CT molecular complexity index is 1190. The Kier molecular flexibility index (Phi) is 5.47. The first kappa shape index (κ1) is 20.6. The number of rotatable bonds is 3. The molecule has 1 N–H and O–H groups in total. The number of pyridine rings is 2. The lowest BCUT2D eigenvalue weighted by atomic mass is 10.1. The Hall–Kier alpha value is -3.66. The summed E-state index contributed by atoms with van der Waals surface area (Å²) in [6, 6.07) is 1.80. The van der Waals surface area contributed by atoms with Crippen LogP contribution in [-0.4, -0.2) is 51.4 Å². The van der Waals surface area contributed by atoms with Crippen molar-refractivity contribution < 1.29 is 18.7 Å². The third-order valence-electron chi connectivity index (χ3n) is 4.61. The van der Waals surface area contributed by atoms with Crippen LogP contribution in [0.15, 0.2) is 36.9 Å². The summed E-state index contributed by atoms with van der Waals surface area (Å²) < 4.78 is 19.2. The Morgan fingerprint density at radius 1 is 1.26 bits per heavy atom. The predicted octanol–water partition coefficient (Wildman–Crippen LogP) is 2.19. The quantitative estimate of drug-likeness (QED) is 0.662. The third-order valence-corrected chi connectivity index (χ3v) is 4.82. The molecular weight excluding hydrogens is 427 g/mol. The zero-order valence-corrected chi connectivity index (χ0v) is 17.2. The van der Waals surface area contributed by atoms with Gasteiger partial charge in [-0.2, -0.15) is 0 Å². The molecule has 0 spiro atoms. The largest absolute Gasteiger partial charge is 0.487 e. The van der Waals surface area contributed by atoms with Crippen molar-refractivity contribution in [2.24, 2.45) is 0 Å². The monoisotopic (exact) mass is 442 g/mol. The molecule has 1 aliphatic rings. The molecule has 0 aromatic carbocycles. The van der Waals surface area contributed by atoms with Gasteiger partial charge in [-0.05, 0) is 18.6 Å². The van der Waals surface area contributed by atoms with Gasteiger partial charge in [-0.3, -0.25) is 19.5 Å². The van der Waals surface area contributed by atoms with Gasteiger partial charge in [-0.25, -0.2) is 19.3 Å². The van der Waals surface area contributed by atoms with Gasteiger partial charge in [0.25, 0.3) is 11.8 Å². The Morgan fingerprint density at radius 3 is 2.84 bits per heavy atom. The summed E-state index contributed by atoms with van der Waals surface area (Å²) in [6.45, 7) is 1.60. The fourth-order valence-electron chi connectivity index (χ4n) is 3.07. The summed E-state index contributed by atoms with van der Waals surface area (Å²) in [5, 5.41) is 2.94. The average molecular weight is 443 g/mol. The zero-order chi connectivity index (χ0) is 22.1. The third kappa shape index (κ3) is 4.15. The number of hydrogen-bond donors (Lipinski definition) is 1. The van der Waals surface area contributed by atoms with E-state index in [9.17, 15) is 14.0 Å². The maximum Gasteiger partial charge on any atom is 0.289 e. The summed E-state index contributed by atoms with van der Waals surface area (Å²) in [5.41, 5.74) is 1.40. The minimum atomic E-state index is -1.00. The summed E-state index contributed by atoms with van der Waals surface area (Å²) >= 11 is 5.94. The van der Waals surface area contributed by atoms with E-state index in [2.05, 4.69) is 25.3 Å². The number of fused-ring (bicyclic) bond motifs is 1. The topological polar surface area (TPSA) is 110 Å². The van der Waals surface area contributed by atoms with Gasteiger partial charge < -0.3 is 10.1 Å². The smallest absolute Gasteiger partial charge is 0.289 e. The summed E-state index contributed by atoms with van der Waals surface area (Å²) in [7, 11) is 1.52. The van der Waals surface area contributed by atoms with Crippen molar-refractivity contribution in [2.45, 2.75) is 13.0 Å². The number of hydrogen-bond acceptors (Lipinski definition) is 7. The van der Waals surface area contributed by atoms with Crippen LogP contribution in [0.2, 0.25) is 5.02 Å². The van der Waals surface area contributed by atoms with Gasteiger partial charge in [0.2, 0.25) is 5.82 Å². The Morgan fingerprint density at radius 2 is 2.06 bits per heavy atom. The van der Waals surface area contributed by atoms with Crippen molar-refractivity contribution in [2.75, 3.05) is 18.6 Å². The molecule has 3 aromatic rings. The molecule has 158 valence electrons. The van der Waals surface area contributed by atoms with Crippen molar-refractivity contribution >= 4 is 29.2 Å². The number of nitrogens with one attached hydrogen (secondary N) is 1. The zero-order valence-electron chi connectivity index (χ0n) is 16.5. The van der Waals surface area contributed by atoms with E-state index in [1.54, 1.807) is 13.0 Å². The van der Waals surface area contributed by atoms with Crippen LogP contribution in [0, 0.1) is 12.7 Å². The number of anilines is 1. The van der Waals surface area contributed by atoms with E-state index in [1.807, 2.05) is 0 Å². The number of aryl methyl sites for hydroxylation is 1. The van der Waals surface area contributed by atoms with Crippen molar-refractivity contribution in [1.29, 1.82) is 0 Å². The molecular formula is C20H16ClFN6O3. The first-order chi connectivity index (χ1) is 14.8. The van der Waals surface area contributed by atoms with E-state index in [1.165, 1.54) is 36.6 Å². The van der Waals surface area contributed by atoms with E-state index in [-0.39, 0.29) is 12.4 Å². The van der Waals surface area contributed by atoms with Gasteiger partial charge in [-0.1, -0.05) is 11.6 Å². The molecule has 4 rings (SSSR count). The molecule has 0 bridgehead atoms. The molecule has 9 nitrogen and oxygen atoms in total. The molecule has 0 saturated carbocycles. The number of ether oxygens (including phenoxy) is 1. The van der Waals surface area contributed by atoms with E-state index in [4.69, 9.17) is 16.3 Å². The number of aromatic nitrogens is 4. The summed E-state index contributed by atoms with van der Waals surface area (Å²) in [6.07, 6.45) is 5.35. The average Bonchev–Trinajstić information content (AvgIpc) is 2.86. The van der Waals surface area contributed by atoms with Crippen molar-refractivity contribution in [1.82, 2.24) is 25.3 Å². The van der Waals surface area contributed by atoms with E-state index in [0.29, 0.717) is 33.4 Å². The summed E-state index contributed by atoms with van der Waals surface area (Å²) in [4.78, 5) is 43.1. The lowest BCUT2D eigenvalue weighted by Gasteiger charge is -2.19.